The van der Waals surface area contributed by atoms with Gasteiger partial charge in [-0.25, -0.2) is 5.43 Å². The third kappa shape index (κ3) is 6.66. The van der Waals surface area contributed by atoms with Crippen molar-refractivity contribution in [1.82, 2.24) is 10.7 Å². The quantitative estimate of drug-likeness (QED) is 0.400. The minimum absolute atomic E-state index is 0.134. The van der Waals surface area contributed by atoms with Gasteiger partial charge in [0.2, 0.25) is 0 Å². The number of aliphatic carboxylic acids is 1. The number of amides is 2. The Bertz CT molecular complexity index is 648. The van der Waals surface area contributed by atoms with Crippen molar-refractivity contribution in [1.29, 1.82) is 0 Å². The number of rotatable bonds is 7. The number of carbonyl (C=O) groups excluding carboxylic acids is 3. The van der Waals surface area contributed by atoms with Crippen LogP contribution in [0.25, 0.3) is 0 Å². The Balaban J connectivity index is 2.72. The number of hydrogen-bond donors (Lipinski definition) is 2. The summed E-state index contributed by atoms with van der Waals surface area (Å²) in [6.07, 6.45) is 1.87. The predicted molar refractivity (Wildman–Crippen MR) is 85.6 cm³/mol. The van der Waals surface area contributed by atoms with E-state index in [1.807, 2.05) is 6.92 Å². The fourth-order valence-corrected chi connectivity index (χ4v) is 1.67. The maximum Gasteiger partial charge on any atom is 0.329 e. The van der Waals surface area contributed by atoms with Gasteiger partial charge in [-0.05, 0) is 31.5 Å². The molecule has 0 aliphatic carbocycles. The first-order valence-corrected chi connectivity index (χ1v) is 7.47. The Labute approximate surface area is 143 Å². The molecule has 0 saturated heterocycles. The molecule has 0 saturated carbocycles. The molecule has 0 radical (unpaired) electrons. The van der Waals surface area contributed by atoms with E-state index in [1.165, 1.54) is 24.4 Å². The van der Waals surface area contributed by atoms with Crippen LogP contribution >= 0.6 is 11.6 Å². The van der Waals surface area contributed by atoms with Crippen molar-refractivity contribution in [2.24, 2.45) is 5.10 Å². The van der Waals surface area contributed by atoms with Gasteiger partial charge in [-0.15, -0.1) is 0 Å². The van der Waals surface area contributed by atoms with Gasteiger partial charge in [0, 0.05) is 16.6 Å². The van der Waals surface area contributed by atoms with Gasteiger partial charge in [0.15, 0.2) is 0 Å². The average molecular weight is 355 g/mol. The van der Waals surface area contributed by atoms with Gasteiger partial charge in [-0.2, -0.15) is 5.10 Å². The van der Waals surface area contributed by atoms with Crippen molar-refractivity contribution in [2.45, 2.75) is 26.3 Å². The maximum atomic E-state index is 11.6. The molecule has 0 bridgehead atoms. The number of carboxylic acid groups (broad SMARTS) is 1. The predicted octanol–water partition coefficient (Wildman–Crippen LogP) is -0.166. The number of hydrazone groups is 1. The molecule has 0 fully saturated rings. The van der Waals surface area contributed by atoms with E-state index in [4.69, 9.17) is 16.3 Å². The number of nitrogens with one attached hydrogen (secondary N) is 2. The second-order valence-corrected chi connectivity index (χ2v) is 5.26. The first kappa shape index (κ1) is 19.4. The molecule has 0 unspecified atom stereocenters. The molecule has 2 N–H and O–H groups in total. The zero-order valence-corrected chi connectivity index (χ0v) is 13.9. The molecule has 2 amide bonds. The summed E-state index contributed by atoms with van der Waals surface area (Å²) in [5, 5.41) is 16.9. The minimum atomic E-state index is -1.39. The SMILES string of the molecule is CC[C@@H](C)NC(=O)C(=O)N/N=C\c1cc(Cl)ccc1OCC(=O)[O-]. The van der Waals surface area contributed by atoms with Crippen LogP contribution in [0.2, 0.25) is 5.02 Å². The van der Waals surface area contributed by atoms with Crippen molar-refractivity contribution in [3.63, 3.8) is 0 Å². The number of benzene rings is 1. The molecule has 0 aliphatic rings. The smallest absolute Gasteiger partial charge is 0.329 e. The summed E-state index contributed by atoms with van der Waals surface area (Å²) in [5.74, 6) is -2.93. The summed E-state index contributed by atoms with van der Waals surface area (Å²) in [5.41, 5.74) is 2.39. The van der Waals surface area contributed by atoms with E-state index in [2.05, 4.69) is 15.8 Å². The Hall–Kier alpha value is -2.61. The van der Waals surface area contributed by atoms with Crippen molar-refractivity contribution in [3.05, 3.63) is 28.8 Å². The number of ether oxygens (including phenoxy) is 1. The van der Waals surface area contributed by atoms with E-state index >= 15 is 0 Å². The van der Waals surface area contributed by atoms with Crippen molar-refractivity contribution in [3.8, 4) is 5.75 Å². The van der Waals surface area contributed by atoms with Crippen LogP contribution in [-0.2, 0) is 14.4 Å². The first-order chi connectivity index (χ1) is 11.3. The Morgan fingerprint density at radius 2 is 2.08 bits per heavy atom. The molecular formula is C15H17ClN3O5-. The van der Waals surface area contributed by atoms with E-state index in [9.17, 15) is 19.5 Å². The lowest BCUT2D eigenvalue weighted by atomic mass is 10.2. The van der Waals surface area contributed by atoms with E-state index in [0.29, 0.717) is 17.0 Å². The molecule has 130 valence electrons. The molecule has 24 heavy (non-hydrogen) atoms. The highest BCUT2D eigenvalue weighted by Crippen LogP contribution is 2.21. The zero-order chi connectivity index (χ0) is 18.1. The zero-order valence-electron chi connectivity index (χ0n) is 13.2. The fraction of sp³-hybridized carbons (Fsp3) is 0.333. The minimum Gasteiger partial charge on any atom is -0.546 e. The van der Waals surface area contributed by atoms with Crippen LogP contribution in [0, 0.1) is 0 Å². The maximum absolute atomic E-state index is 11.6. The van der Waals surface area contributed by atoms with Crippen LogP contribution in [0.4, 0.5) is 0 Å². The molecule has 8 nitrogen and oxygen atoms in total. The summed E-state index contributed by atoms with van der Waals surface area (Å²) in [6.45, 7) is 2.99. The van der Waals surface area contributed by atoms with Crippen LogP contribution in [0.3, 0.4) is 0 Å². The molecule has 1 rings (SSSR count). The van der Waals surface area contributed by atoms with Crippen molar-refractivity contribution >= 4 is 35.6 Å². The molecule has 0 heterocycles. The lowest BCUT2D eigenvalue weighted by Crippen LogP contribution is -2.41. The van der Waals surface area contributed by atoms with E-state index in [-0.39, 0.29) is 11.8 Å². The number of halogens is 1. The molecule has 0 spiro atoms. The van der Waals surface area contributed by atoms with Crippen LogP contribution in [0.15, 0.2) is 23.3 Å². The van der Waals surface area contributed by atoms with Crippen LogP contribution in [0.1, 0.15) is 25.8 Å². The van der Waals surface area contributed by atoms with Crippen molar-refractivity contribution in [2.75, 3.05) is 6.61 Å². The van der Waals surface area contributed by atoms with E-state index in [1.54, 1.807) is 6.92 Å². The van der Waals surface area contributed by atoms with Gasteiger partial charge in [0.25, 0.3) is 0 Å². The molecule has 0 aromatic heterocycles. The Kier molecular flexibility index (Phi) is 7.70. The lowest BCUT2D eigenvalue weighted by molar-refractivity contribution is -0.307. The topological polar surface area (TPSA) is 120 Å². The highest BCUT2D eigenvalue weighted by molar-refractivity contribution is 6.35. The van der Waals surface area contributed by atoms with Gasteiger partial charge in [-0.3, -0.25) is 9.59 Å². The monoisotopic (exact) mass is 354 g/mol. The lowest BCUT2D eigenvalue weighted by Gasteiger charge is -2.10. The van der Waals surface area contributed by atoms with E-state index < -0.39 is 24.4 Å². The number of carbonyl (C=O) groups is 3. The molecule has 1 atom stereocenters. The summed E-state index contributed by atoms with van der Waals surface area (Å²) >= 11 is 5.85. The number of carboxylic acids is 1. The van der Waals surface area contributed by atoms with Gasteiger partial charge in [0.05, 0.1) is 12.2 Å². The van der Waals surface area contributed by atoms with Gasteiger partial charge >= 0.3 is 11.8 Å². The van der Waals surface area contributed by atoms with Crippen molar-refractivity contribution < 1.29 is 24.2 Å². The highest BCUT2D eigenvalue weighted by atomic mass is 35.5. The van der Waals surface area contributed by atoms with Crippen LogP contribution in [-0.4, -0.2) is 36.6 Å². The number of hydrogen-bond acceptors (Lipinski definition) is 6. The van der Waals surface area contributed by atoms with Gasteiger partial charge in [-0.1, -0.05) is 18.5 Å². The largest absolute Gasteiger partial charge is 0.546 e. The summed E-state index contributed by atoms with van der Waals surface area (Å²) in [4.78, 5) is 33.6. The third-order valence-electron chi connectivity index (χ3n) is 2.88. The highest BCUT2D eigenvalue weighted by Gasteiger charge is 2.14. The second kappa shape index (κ2) is 9.51. The summed E-state index contributed by atoms with van der Waals surface area (Å²) in [7, 11) is 0. The molecule has 0 aliphatic heterocycles. The van der Waals surface area contributed by atoms with Crippen LogP contribution in [0.5, 0.6) is 5.75 Å². The molecular weight excluding hydrogens is 338 g/mol. The normalized spacial score (nSPS) is 11.8. The van der Waals surface area contributed by atoms with E-state index in [0.717, 1.165) is 0 Å². The Morgan fingerprint density at radius 3 is 2.71 bits per heavy atom. The molecule has 9 heteroatoms. The average Bonchev–Trinajstić information content (AvgIpc) is 2.53. The Morgan fingerprint density at radius 1 is 1.38 bits per heavy atom. The summed E-state index contributed by atoms with van der Waals surface area (Å²) < 4.78 is 5.02. The molecule has 1 aromatic carbocycles. The van der Waals surface area contributed by atoms with Crippen LogP contribution < -0.4 is 20.6 Å². The second-order valence-electron chi connectivity index (χ2n) is 4.82. The van der Waals surface area contributed by atoms with Gasteiger partial charge < -0.3 is 20.0 Å². The first-order valence-electron chi connectivity index (χ1n) is 7.09. The third-order valence-corrected chi connectivity index (χ3v) is 3.12. The van der Waals surface area contributed by atoms with Gasteiger partial charge in [0.1, 0.15) is 12.4 Å². The molecule has 1 aromatic rings. The summed E-state index contributed by atoms with van der Waals surface area (Å²) in [6, 6.07) is 4.28. The standard InChI is InChI=1S/C15H18ClN3O5/c1-3-9(2)18-14(22)15(23)19-17-7-10-6-11(16)4-5-12(10)24-8-13(20)21/h4-7,9H,3,8H2,1-2H3,(H,18,22)(H,19,23)(H,20,21)/p-1/b17-7-/t9-/m1/s1. The number of nitrogens with zero attached hydrogens (tertiary/aromatic N) is 1. The fourth-order valence-electron chi connectivity index (χ4n) is 1.49.